The normalized spacial score (nSPS) is 15.7. The molecule has 1 aliphatic heterocycles. The molecule has 304 valence electrons. The van der Waals surface area contributed by atoms with Gasteiger partial charge in [-0.2, -0.15) is 0 Å². The molecule has 1 aromatic carbocycles. The fourth-order valence-electron chi connectivity index (χ4n) is 5.75. The minimum Gasteiger partial charge on any atom is -0.491 e. The molecule has 0 saturated carbocycles. The van der Waals surface area contributed by atoms with Crippen LogP contribution in [0.4, 0.5) is 15.4 Å². The zero-order chi connectivity index (χ0) is 40.9. The van der Waals surface area contributed by atoms with E-state index in [2.05, 4.69) is 44.3 Å². The van der Waals surface area contributed by atoms with Crippen molar-refractivity contribution in [1.82, 2.24) is 24.9 Å². The lowest BCUT2D eigenvalue weighted by Gasteiger charge is -2.40. The molecule has 1 saturated heterocycles. The van der Waals surface area contributed by atoms with E-state index in [1.54, 1.807) is 37.1 Å². The van der Waals surface area contributed by atoms with Crippen LogP contribution in [0.5, 0.6) is 5.75 Å². The van der Waals surface area contributed by atoms with Crippen LogP contribution in [0.25, 0.3) is 22.6 Å². The first kappa shape index (κ1) is 43.8. The molecule has 2 aromatic heterocycles. The number of benzene rings is 1. The molecule has 2 atom stereocenters. The van der Waals surface area contributed by atoms with Crippen LogP contribution in [0.2, 0.25) is 23.2 Å². The van der Waals surface area contributed by atoms with Crippen molar-refractivity contribution in [3.63, 3.8) is 0 Å². The summed E-state index contributed by atoms with van der Waals surface area (Å²) < 4.78 is 35.4. The second kappa shape index (κ2) is 17.9. The predicted octanol–water partition coefficient (Wildman–Crippen LogP) is 8.28. The Morgan fingerprint density at radius 3 is 2.45 bits per heavy atom. The Balaban J connectivity index is 1.68. The van der Waals surface area contributed by atoms with Crippen LogP contribution in [0.15, 0.2) is 22.7 Å². The number of carbonyl (C=O) groups excluding carboxylic acids is 2. The SMILES string of the molecule is CCOC(=O)N1CCOC[C@@H]1CNc1nc(-c2cc(OC[C@@H](CN(C)C(=O)OC(C)(C)C)O[Si](C)(C)C(C)(C)C)ccc2Cl)nc(-c2c(C)noc2C)c1C. The average molecular weight is 803 g/mol. The van der Waals surface area contributed by atoms with Gasteiger partial charge in [-0.25, -0.2) is 19.6 Å². The highest BCUT2D eigenvalue weighted by molar-refractivity contribution is 6.74. The lowest BCUT2D eigenvalue weighted by Crippen LogP contribution is -2.52. The second-order valence-electron chi connectivity index (χ2n) is 16.4. The van der Waals surface area contributed by atoms with E-state index in [-0.39, 0.29) is 36.9 Å². The van der Waals surface area contributed by atoms with E-state index in [0.717, 1.165) is 11.1 Å². The molecule has 1 N–H and O–H groups in total. The molecule has 2 amide bonds. The number of likely N-dealkylation sites (N-methyl/N-ethyl adjacent to an activating group) is 1. The van der Waals surface area contributed by atoms with E-state index in [1.165, 1.54) is 4.90 Å². The number of halogens is 1. The third-order valence-electron chi connectivity index (χ3n) is 9.72. The Bertz CT molecular complexity index is 1790. The van der Waals surface area contributed by atoms with Gasteiger partial charge < -0.3 is 38.1 Å². The first-order valence-corrected chi connectivity index (χ1v) is 22.0. The lowest BCUT2D eigenvalue weighted by atomic mass is 10.0. The van der Waals surface area contributed by atoms with Gasteiger partial charge in [-0.1, -0.05) is 37.5 Å². The fourth-order valence-corrected chi connectivity index (χ4v) is 7.28. The first-order valence-electron chi connectivity index (χ1n) is 18.7. The summed E-state index contributed by atoms with van der Waals surface area (Å²) in [6.07, 6.45) is -1.27. The monoisotopic (exact) mass is 802 g/mol. The molecule has 16 heteroatoms. The molecule has 1 aliphatic rings. The van der Waals surface area contributed by atoms with Gasteiger partial charge in [-0.3, -0.25) is 4.90 Å². The van der Waals surface area contributed by atoms with E-state index in [4.69, 9.17) is 49.5 Å². The van der Waals surface area contributed by atoms with E-state index in [1.807, 2.05) is 41.5 Å². The number of rotatable bonds is 13. The summed E-state index contributed by atoms with van der Waals surface area (Å²) in [6.45, 7) is 26.0. The van der Waals surface area contributed by atoms with Crippen molar-refractivity contribution in [3.8, 4) is 28.4 Å². The van der Waals surface area contributed by atoms with Crippen molar-refractivity contribution in [2.75, 3.05) is 58.4 Å². The van der Waals surface area contributed by atoms with E-state index in [0.29, 0.717) is 71.4 Å². The van der Waals surface area contributed by atoms with Crippen molar-refractivity contribution in [3.05, 3.63) is 40.2 Å². The Morgan fingerprint density at radius 2 is 1.84 bits per heavy atom. The lowest BCUT2D eigenvalue weighted by molar-refractivity contribution is -0.00379. The predicted molar refractivity (Wildman–Crippen MR) is 215 cm³/mol. The molecule has 14 nitrogen and oxygen atoms in total. The number of ether oxygens (including phenoxy) is 4. The van der Waals surface area contributed by atoms with Gasteiger partial charge >= 0.3 is 12.2 Å². The molecule has 4 rings (SSSR count). The van der Waals surface area contributed by atoms with E-state index >= 15 is 0 Å². The largest absolute Gasteiger partial charge is 0.491 e. The van der Waals surface area contributed by atoms with Crippen LogP contribution < -0.4 is 10.1 Å². The van der Waals surface area contributed by atoms with Crippen molar-refractivity contribution in [2.24, 2.45) is 0 Å². The van der Waals surface area contributed by atoms with E-state index in [9.17, 15) is 9.59 Å². The highest BCUT2D eigenvalue weighted by atomic mass is 35.5. The maximum atomic E-state index is 12.9. The summed E-state index contributed by atoms with van der Waals surface area (Å²) in [6, 6.07) is 5.03. The van der Waals surface area contributed by atoms with Crippen molar-refractivity contribution in [2.45, 2.75) is 105 Å². The topological polar surface area (TPSA) is 151 Å². The van der Waals surface area contributed by atoms with Crippen molar-refractivity contribution in [1.29, 1.82) is 0 Å². The molecule has 3 aromatic rings. The van der Waals surface area contributed by atoms with Crippen LogP contribution in [0.1, 0.15) is 65.5 Å². The minimum atomic E-state index is -2.27. The maximum absolute atomic E-state index is 12.9. The first-order chi connectivity index (χ1) is 25.6. The van der Waals surface area contributed by atoms with E-state index < -0.39 is 26.1 Å². The van der Waals surface area contributed by atoms with Gasteiger partial charge in [0.15, 0.2) is 14.1 Å². The highest BCUT2D eigenvalue weighted by Crippen LogP contribution is 2.39. The summed E-state index contributed by atoms with van der Waals surface area (Å²) in [5.74, 6) is 2.02. The summed E-state index contributed by atoms with van der Waals surface area (Å²) in [5.41, 5.74) is 2.72. The molecule has 3 heterocycles. The smallest absolute Gasteiger partial charge is 0.410 e. The van der Waals surface area contributed by atoms with Crippen LogP contribution >= 0.6 is 11.6 Å². The Morgan fingerprint density at radius 1 is 1.13 bits per heavy atom. The number of hydrogen-bond donors (Lipinski definition) is 1. The number of aromatic nitrogens is 3. The highest BCUT2D eigenvalue weighted by Gasteiger charge is 2.40. The van der Waals surface area contributed by atoms with Gasteiger partial charge in [0.25, 0.3) is 0 Å². The second-order valence-corrected chi connectivity index (χ2v) is 21.5. The Labute approximate surface area is 331 Å². The average Bonchev–Trinajstić information content (AvgIpc) is 3.43. The quantitative estimate of drug-likeness (QED) is 0.166. The van der Waals surface area contributed by atoms with Crippen molar-refractivity contribution >= 4 is 37.9 Å². The molecule has 0 radical (unpaired) electrons. The van der Waals surface area contributed by atoms with Gasteiger partial charge in [-0.05, 0) is 84.8 Å². The molecule has 0 spiro atoms. The third-order valence-corrected chi connectivity index (χ3v) is 14.6. The number of hydrogen-bond acceptors (Lipinski definition) is 12. The van der Waals surface area contributed by atoms with Crippen LogP contribution in [-0.2, 0) is 18.6 Å². The standard InChI is InChI=1S/C39H59ClN6O8Si/c1-14-50-37(48)46-17-18-49-22-27(46)20-41-34-24(2)33(32-25(3)44-53-26(32)4)42-35(43-34)30-19-28(15-16-31(30)40)51-23-29(54-55(12,13)39(8,9)10)21-45(11)36(47)52-38(5,6)7/h15-16,19,27,29H,14,17-18,20-23H2,1-13H3,(H,41,42,43)/t27-,29+/m0/s1. The van der Waals surface area contributed by atoms with Crippen molar-refractivity contribution < 1.29 is 37.5 Å². The van der Waals surface area contributed by atoms with Gasteiger partial charge in [0.1, 0.15) is 29.5 Å². The number of nitrogens with zero attached hydrogens (tertiary/aromatic N) is 5. The number of amides is 2. The number of carbonyl (C=O) groups is 2. The third kappa shape index (κ3) is 11.3. The Hall–Kier alpha value is -3.92. The molecule has 55 heavy (non-hydrogen) atoms. The van der Waals surface area contributed by atoms with Crippen LogP contribution in [0, 0.1) is 20.8 Å². The number of aryl methyl sites for hydroxylation is 2. The summed E-state index contributed by atoms with van der Waals surface area (Å²) in [7, 11) is -0.575. The molecular formula is C39H59ClN6O8Si. The number of morpholine rings is 1. The zero-order valence-electron chi connectivity index (χ0n) is 34.7. The zero-order valence-corrected chi connectivity index (χ0v) is 36.5. The van der Waals surface area contributed by atoms with Gasteiger partial charge in [0.2, 0.25) is 0 Å². The van der Waals surface area contributed by atoms with Gasteiger partial charge in [0.05, 0.1) is 60.5 Å². The van der Waals surface area contributed by atoms with Crippen LogP contribution in [0.3, 0.4) is 0 Å². The number of nitrogens with one attached hydrogen (secondary N) is 1. The summed E-state index contributed by atoms with van der Waals surface area (Å²) in [4.78, 5) is 38.8. The molecule has 0 unspecified atom stereocenters. The molecular weight excluding hydrogens is 744 g/mol. The molecule has 1 fully saturated rings. The van der Waals surface area contributed by atoms with Crippen LogP contribution in [-0.4, -0.2) is 116 Å². The summed E-state index contributed by atoms with van der Waals surface area (Å²) in [5, 5.41) is 7.97. The fraction of sp³-hybridized carbons (Fsp3) is 0.615. The Kier molecular flexibility index (Phi) is 14.3. The minimum absolute atomic E-state index is 0.0717. The van der Waals surface area contributed by atoms with Gasteiger partial charge in [0, 0.05) is 31.3 Å². The summed E-state index contributed by atoms with van der Waals surface area (Å²) >= 11 is 6.86. The molecule has 0 aliphatic carbocycles. The maximum Gasteiger partial charge on any atom is 0.410 e. The number of anilines is 1. The van der Waals surface area contributed by atoms with Gasteiger partial charge in [-0.15, -0.1) is 0 Å². The molecule has 0 bridgehead atoms.